The van der Waals surface area contributed by atoms with Crippen LogP contribution >= 0.6 is 23.2 Å². The van der Waals surface area contributed by atoms with Gasteiger partial charge in [0.05, 0.1) is 6.21 Å². The van der Waals surface area contributed by atoms with E-state index in [9.17, 15) is 9.59 Å². The molecular weight excluding hydrogens is 337 g/mol. The standard InChI is InChI=1S/C16H13Cl2N3O2/c1-10-7-13(18)5-6-14(10)20-15(22)16(23)21-19-9-11-3-2-4-12(17)8-11/h2-9H,1H3,(H,20,22)(H,21,23)/b19-9-. The maximum absolute atomic E-state index is 11.8. The number of hydrogen-bond donors (Lipinski definition) is 2. The molecule has 0 saturated carbocycles. The van der Waals surface area contributed by atoms with Crippen LogP contribution in [0.15, 0.2) is 47.6 Å². The molecule has 0 spiro atoms. The highest BCUT2D eigenvalue weighted by molar-refractivity contribution is 6.39. The van der Waals surface area contributed by atoms with Gasteiger partial charge in [0.25, 0.3) is 0 Å². The van der Waals surface area contributed by atoms with Crippen molar-refractivity contribution in [3.63, 3.8) is 0 Å². The minimum absolute atomic E-state index is 0.508. The number of carbonyl (C=O) groups excluding carboxylic acids is 2. The zero-order chi connectivity index (χ0) is 16.8. The van der Waals surface area contributed by atoms with E-state index in [4.69, 9.17) is 23.2 Å². The zero-order valence-electron chi connectivity index (χ0n) is 12.1. The van der Waals surface area contributed by atoms with Crippen molar-refractivity contribution >= 4 is 46.9 Å². The van der Waals surface area contributed by atoms with Crippen LogP contribution in [0.5, 0.6) is 0 Å². The maximum Gasteiger partial charge on any atom is 0.329 e. The van der Waals surface area contributed by atoms with Gasteiger partial charge in [-0.3, -0.25) is 9.59 Å². The highest BCUT2D eigenvalue weighted by atomic mass is 35.5. The number of amides is 2. The van der Waals surface area contributed by atoms with Crippen molar-refractivity contribution in [1.82, 2.24) is 5.43 Å². The molecule has 7 heteroatoms. The van der Waals surface area contributed by atoms with E-state index >= 15 is 0 Å². The number of hydrogen-bond acceptors (Lipinski definition) is 3. The minimum Gasteiger partial charge on any atom is -0.317 e. The Balaban J connectivity index is 1.93. The van der Waals surface area contributed by atoms with Crippen molar-refractivity contribution in [2.45, 2.75) is 6.92 Å². The van der Waals surface area contributed by atoms with Gasteiger partial charge in [0, 0.05) is 15.7 Å². The Bertz CT molecular complexity index is 776. The molecular formula is C16H13Cl2N3O2. The van der Waals surface area contributed by atoms with Gasteiger partial charge in [0.2, 0.25) is 0 Å². The van der Waals surface area contributed by atoms with Gasteiger partial charge in [-0.2, -0.15) is 5.10 Å². The van der Waals surface area contributed by atoms with Gasteiger partial charge in [0.1, 0.15) is 0 Å². The molecule has 2 aromatic carbocycles. The fraction of sp³-hybridized carbons (Fsp3) is 0.0625. The van der Waals surface area contributed by atoms with Crippen LogP contribution in [0.25, 0.3) is 0 Å². The summed E-state index contributed by atoms with van der Waals surface area (Å²) in [7, 11) is 0. The number of carbonyl (C=O) groups is 2. The van der Waals surface area contributed by atoms with E-state index in [0.29, 0.717) is 21.3 Å². The van der Waals surface area contributed by atoms with E-state index in [2.05, 4.69) is 15.8 Å². The first-order valence-corrected chi connectivity index (χ1v) is 7.37. The van der Waals surface area contributed by atoms with E-state index in [1.165, 1.54) is 6.21 Å². The Morgan fingerprint density at radius 3 is 2.48 bits per heavy atom. The lowest BCUT2D eigenvalue weighted by Gasteiger charge is -2.07. The Labute approximate surface area is 143 Å². The summed E-state index contributed by atoms with van der Waals surface area (Å²) in [6.07, 6.45) is 1.39. The van der Waals surface area contributed by atoms with Crippen molar-refractivity contribution in [2.24, 2.45) is 5.10 Å². The predicted octanol–water partition coefficient (Wildman–Crippen LogP) is 3.39. The van der Waals surface area contributed by atoms with Crippen LogP contribution < -0.4 is 10.7 Å². The largest absolute Gasteiger partial charge is 0.329 e. The number of nitrogens with zero attached hydrogens (tertiary/aromatic N) is 1. The molecule has 5 nitrogen and oxygen atoms in total. The molecule has 118 valence electrons. The second-order valence-corrected chi connectivity index (χ2v) is 5.54. The van der Waals surface area contributed by atoms with Gasteiger partial charge >= 0.3 is 11.8 Å². The fourth-order valence-corrected chi connectivity index (χ4v) is 2.17. The van der Waals surface area contributed by atoms with Crippen LogP contribution in [0.1, 0.15) is 11.1 Å². The van der Waals surface area contributed by atoms with Crippen LogP contribution in [0, 0.1) is 6.92 Å². The quantitative estimate of drug-likeness (QED) is 0.506. The van der Waals surface area contributed by atoms with E-state index < -0.39 is 11.8 Å². The zero-order valence-corrected chi connectivity index (χ0v) is 13.7. The molecule has 0 saturated heterocycles. The average molecular weight is 350 g/mol. The van der Waals surface area contributed by atoms with E-state index in [-0.39, 0.29) is 0 Å². The molecule has 0 radical (unpaired) electrons. The van der Waals surface area contributed by atoms with Gasteiger partial charge in [0.15, 0.2) is 0 Å². The molecule has 23 heavy (non-hydrogen) atoms. The Morgan fingerprint density at radius 2 is 1.78 bits per heavy atom. The van der Waals surface area contributed by atoms with Crippen molar-refractivity contribution in [3.05, 3.63) is 63.6 Å². The van der Waals surface area contributed by atoms with Crippen LogP contribution in [0.2, 0.25) is 10.0 Å². The van der Waals surface area contributed by atoms with Crippen LogP contribution in [-0.2, 0) is 9.59 Å². The number of aryl methyl sites for hydroxylation is 1. The Kier molecular flexibility index (Phi) is 5.73. The van der Waals surface area contributed by atoms with Crippen LogP contribution in [0.3, 0.4) is 0 Å². The molecule has 0 heterocycles. The Morgan fingerprint density at radius 1 is 1.04 bits per heavy atom. The highest BCUT2D eigenvalue weighted by Gasteiger charge is 2.13. The van der Waals surface area contributed by atoms with Gasteiger partial charge in [-0.25, -0.2) is 5.43 Å². The van der Waals surface area contributed by atoms with Gasteiger partial charge in [-0.05, 0) is 48.4 Å². The topological polar surface area (TPSA) is 70.6 Å². The van der Waals surface area contributed by atoms with Crippen molar-refractivity contribution in [3.8, 4) is 0 Å². The summed E-state index contributed by atoms with van der Waals surface area (Å²) in [6.45, 7) is 1.77. The number of rotatable bonds is 3. The van der Waals surface area contributed by atoms with Crippen LogP contribution in [-0.4, -0.2) is 18.0 Å². The first kappa shape index (κ1) is 17.0. The van der Waals surface area contributed by atoms with E-state index in [0.717, 1.165) is 5.56 Å². The Hall–Kier alpha value is -2.37. The van der Waals surface area contributed by atoms with E-state index in [1.807, 2.05) is 0 Å². The molecule has 2 amide bonds. The van der Waals surface area contributed by atoms with Crippen molar-refractivity contribution in [1.29, 1.82) is 0 Å². The summed E-state index contributed by atoms with van der Waals surface area (Å²) >= 11 is 11.7. The summed E-state index contributed by atoms with van der Waals surface area (Å²) in [6, 6.07) is 11.8. The average Bonchev–Trinajstić information content (AvgIpc) is 2.50. The number of benzene rings is 2. The molecule has 0 fully saturated rings. The molecule has 0 aliphatic heterocycles. The molecule has 0 unspecified atom stereocenters. The lowest BCUT2D eigenvalue weighted by molar-refractivity contribution is -0.136. The lowest BCUT2D eigenvalue weighted by atomic mass is 10.2. The second-order valence-electron chi connectivity index (χ2n) is 4.67. The normalized spacial score (nSPS) is 10.6. The summed E-state index contributed by atoms with van der Waals surface area (Å²) in [5, 5.41) is 7.31. The summed E-state index contributed by atoms with van der Waals surface area (Å²) in [4.78, 5) is 23.5. The third-order valence-corrected chi connectivity index (χ3v) is 3.34. The molecule has 2 aromatic rings. The monoisotopic (exact) mass is 349 g/mol. The summed E-state index contributed by atoms with van der Waals surface area (Å²) in [5.74, 6) is -1.70. The lowest BCUT2D eigenvalue weighted by Crippen LogP contribution is -2.32. The highest BCUT2D eigenvalue weighted by Crippen LogP contribution is 2.19. The molecule has 2 N–H and O–H groups in total. The first-order valence-electron chi connectivity index (χ1n) is 6.62. The van der Waals surface area contributed by atoms with Crippen molar-refractivity contribution in [2.75, 3.05) is 5.32 Å². The number of anilines is 1. The fourth-order valence-electron chi connectivity index (χ4n) is 1.75. The maximum atomic E-state index is 11.8. The van der Waals surface area contributed by atoms with Gasteiger partial charge in [-0.1, -0.05) is 35.3 Å². The molecule has 0 atom stereocenters. The predicted molar refractivity (Wildman–Crippen MR) is 92.0 cm³/mol. The molecule has 0 aromatic heterocycles. The number of nitrogens with one attached hydrogen (secondary N) is 2. The smallest absolute Gasteiger partial charge is 0.317 e. The molecule has 0 bridgehead atoms. The molecule has 2 rings (SSSR count). The van der Waals surface area contributed by atoms with Crippen LogP contribution in [0.4, 0.5) is 5.69 Å². The third-order valence-electron chi connectivity index (χ3n) is 2.87. The molecule has 0 aliphatic rings. The van der Waals surface area contributed by atoms with Crippen molar-refractivity contribution < 1.29 is 9.59 Å². The van der Waals surface area contributed by atoms with Gasteiger partial charge < -0.3 is 5.32 Å². The number of hydrazone groups is 1. The second kappa shape index (κ2) is 7.76. The third kappa shape index (κ3) is 5.09. The summed E-state index contributed by atoms with van der Waals surface area (Å²) in [5.41, 5.74) is 4.11. The van der Waals surface area contributed by atoms with Gasteiger partial charge in [-0.15, -0.1) is 0 Å². The number of halogens is 2. The summed E-state index contributed by atoms with van der Waals surface area (Å²) < 4.78 is 0. The SMILES string of the molecule is Cc1cc(Cl)ccc1NC(=O)C(=O)N/N=C\c1cccc(Cl)c1. The minimum atomic E-state index is -0.877. The first-order chi connectivity index (χ1) is 11.0. The van der Waals surface area contributed by atoms with E-state index in [1.54, 1.807) is 49.4 Å². The molecule has 0 aliphatic carbocycles.